The van der Waals surface area contributed by atoms with Gasteiger partial charge in [-0.05, 0) is 44.2 Å². The average molecular weight is 222 g/mol. The van der Waals surface area contributed by atoms with Crippen molar-refractivity contribution in [2.45, 2.75) is 20.0 Å². The Morgan fingerprint density at radius 3 is 2.31 bits per heavy atom. The highest BCUT2D eigenvalue weighted by Crippen LogP contribution is 2.17. The molecule has 1 rings (SSSR count). The molecule has 2 N–H and O–H groups in total. The summed E-state index contributed by atoms with van der Waals surface area (Å²) < 4.78 is 0. The number of hydrogen-bond donors (Lipinski definition) is 2. The number of hydrogen-bond acceptors (Lipinski definition) is 3. The van der Waals surface area contributed by atoms with Crippen molar-refractivity contribution < 1.29 is 5.11 Å². The first-order chi connectivity index (χ1) is 7.52. The van der Waals surface area contributed by atoms with Crippen molar-refractivity contribution in [2.24, 2.45) is 0 Å². The zero-order valence-corrected chi connectivity index (χ0v) is 10.6. The smallest absolute Gasteiger partial charge is 0.0838 e. The summed E-state index contributed by atoms with van der Waals surface area (Å²) in [6, 6.07) is 6.43. The zero-order chi connectivity index (χ0) is 12.1. The van der Waals surface area contributed by atoms with Crippen LogP contribution in [0.15, 0.2) is 18.2 Å². The van der Waals surface area contributed by atoms with Gasteiger partial charge in [-0.25, -0.2) is 0 Å². The molecule has 0 saturated heterocycles. The Labute approximate surface area is 98.1 Å². The van der Waals surface area contributed by atoms with Crippen molar-refractivity contribution in [2.75, 3.05) is 32.1 Å². The van der Waals surface area contributed by atoms with E-state index in [-0.39, 0.29) is 6.10 Å². The summed E-state index contributed by atoms with van der Waals surface area (Å²) in [7, 11) is 3.85. The van der Waals surface area contributed by atoms with Crippen LogP contribution in [0, 0.1) is 13.8 Å². The number of rotatable bonds is 5. The molecule has 0 amide bonds. The fraction of sp³-hybridized carbons (Fsp3) is 0.538. The van der Waals surface area contributed by atoms with Gasteiger partial charge in [0.05, 0.1) is 6.10 Å². The van der Waals surface area contributed by atoms with Gasteiger partial charge in [0.1, 0.15) is 0 Å². The van der Waals surface area contributed by atoms with Gasteiger partial charge in [-0.3, -0.25) is 0 Å². The van der Waals surface area contributed by atoms with E-state index in [1.807, 2.05) is 14.1 Å². The predicted octanol–water partition coefficient (Wildman–Crippen LogP) is 1.32. The Balaban J connectivity index is 2.68. The van der Waals surface area contributed by atoms with E-state index >= 15 is 0 Å². The molecule has 0 saturated carbocycles. The van der Waals surface area contributed by atoms with E-state index in [4.69, 9.17) is 0 Å². The van der Waals surface area contributed by atoms with Gasteiger partial charge >= 0.3 is 0 Å². The van der Waals surface area contributed by atoms with Crippen LogP contribution in [0.2, 0.25) is 0 Å². The summed E-state index contributed by atoms with van der Waals surface area (Å²) in [5.74, 6) is 0. The zero-order valence-electron chi connectivity index (χ0n) is 10.6. The van der Waals surface area contributed by atoms with Crippen LogP contribution in [0.25, 0.3) is 0 Å². The van der Waals surface area contributed by atoms with Crippen molar-refractivity contribution in [3.05, 3.63) is 29.3 Å². The number of nitrogens with zero attached hydrogens (tertiary/aromatic N) is 1. The van der Waals surface area contributed by atoms with E-state index in [2.05, 4.69) is 42.3 Å². The normalized spacial score (nSPS) is 12.6. The van der Waals surface area contributed by atoms with Gasteiger partial charge in [0.2, 0.25) is 0 Å². The largest absolute Gasteiger partial charge is 0.390 e. The maximum Gasteiger partial charge on any atom is 0.0838 e. The molecule has 1 atom stereocenters. The molecular formula is C13H22N2O. The second-order valence-corrected chi connectivity index (χ2v) is 4.44. The Bertz CT molecular complexity index is 318. The maximum atomic E-state index is 9.72. The Morgan fingerprint density at radius 1 is 1.25 bits per heavy atom. The van der Waals surface area contributed by atoms with Crippen molar-refractivity contribution in [1.29, 1.82) is 0 Å². The van der Waals surface area contributed by atoms with Crippen LogP contribution in [0.4, 0.5) is 5.69 Å². The molecule has 1 aromatic carbocycles. The van der Waals surface area contributed by atoms with Gasteiger partial charge < -0.3 is 15.3 Å². The Morgan fingerprint density at radius 2 is 1.81 bits per heavy atom. The highest BCUT2D eigenvalue weighted by molar-refractivity contribution is 5.50. The summed E-state index contributed by atoms with van der Waals surface area (Å²) in [4.78, 5) is 2.09. The van der Waals surface area contributed by atoms with Gasteiger partial charge in [-0.15, -0.1) is 0 Å². The predicted molar refractivity (Wildman–Crippen MR) is 69.1 cm³/mol. The molecule has 0 spiro atoms. The first-order valence-electron chi connectivity index (χ1n) is 5.65. The molecule has 0 aliphatic heterocycles. The average Bonchev–Trinajstić information content (AvgIpc) is 2.16. The third-order valence-electron chi connectivity index (χ3n) is 2.57. The number of likely N-dealkylation sites (N-methyl/N-ethyl adjacent to an activating group) is 2. The Kier molecular flexibility index (Phi) is 4.77. The number of nitrogens with one attached hydrogen (secondary N) is 1. The van der Waals surface area contributed by atoms with Crippen LogP contribution >= 0.6 is 0 Å². The van der Waals surface area contributed by atoms with E-state index in [9.17, 15) is 5.11 Å². The van der Waals surface area contributed by atoms with Crippen LogP contribution in [0.1, 0.15) is 11.1 Å². The lowest BCUT2D eigenvalue weighted by molar-refractivity contribution is 0.181. The number of benzene rings is 1. The Hall–Kier alpha value is -1.06. The molecule has 90 valence electrons. The van der Waals surface area contributed by atoms with Crippen LogP contribution in [-0.2, 0) is 0 Å². The quantitative estimate of drug-likeness (QED) is 0.788. The van der Waals surface area contributed by atoms with Gasteiger partial charge in [-0.1, -0.05) is 6.07 Å². The van der Waals surface area contributed by atoms with Crippen molar-refractivity contribution in [1.82, 2.24) is 5.32 Å². The fourth-order valence-corrected chi connectivity index (χ4v) is 1.89. The molecule has 0 aromatic heterocycles. The van der Waals surface area contributed by atoms with E-state index < -0.39 is 0 Å². The summed E-state index contributed by atoms with van der Waals surface area (Å²) in [6.45, 7) is 5.45. The minimum atomic E-state index is -0.337. The fourth-order valence-electron chi connectivity index (χ4n) is 1.89. The number of aryl methyl sites for hydroxylation is 2. The second-order valence-electron chi connectivity index (χ2n) is 4.44. The van der Waals surface area contributed by atoms with Gasteiger partial charge in [0, 0.05) is 25.8 Å². The standard InChI is InChI=1S/C13H22N2O/c1-10-5-11(2)7-12(6-10)15(4)9-13(16)8-14-3/h5-7,13-14,16H,8-9H2,1-4H3. The monoisotopic (exact) mass is 222 g/mol. The molecule has 3 heteroatoms. The van der Waals surface area contributed by atoms with Crippen molar-refractivity contribution in [3.63, 3.8) is 0 Å². The highest BCUT2D eigenvalue weighted by Gasteiger charge is 2.08. The third kappa shape index (κ3) is 3.83. The van der Waals surface area contributed by atoms with Crippen molar-refractivity contribution >= 4 is 5.69 Å². The van der Waals surface area contributed by atoms with E-state index in [0.717, 1.165) is 5.69 Å². The summed E-state index contributed by atoms with van der Waals surface area (Å²) >= 11 is 0. The van der Waals surface area contributed by atoms with E-state index in [1.54, 1.807) is 0 Å². The molecule has 0 aliphatic carbocycles. The molecule has 1 unspecified atom stereocenters. The summed E-state index contributed by atoms with van der Waals surface area (Å²) in [5, 5.41) is 12.7. The molecule has 0 aliphatic rings. The minimum absolute atomic E-state index is 0.337. The van der Waals surface area contributed by atoms with Gasteiger partial charge in [0.15, 0.2) is 0 Å². The third-order valence-corrected chi connectivity index (χ3v) is 2.57. The van der Waals surface area contributed by atoms with E-state index in [1.165, 1.54) is 11.1 Å². The van der Waals surface area contributed by atoms with Crippen LogP contribution in [0.5, 0.6) is 0 Å². The number of aliphatic hydroxyl groups excluding tert-OH is 1. The molecule has 16 heavy (non-hydrogen) atoms. The molecule has 0 bridgehead atoms. The molecule has 0 radical (unpaired) electrons. The second kappa shape index (κ2) is 5.87. The molecular weight excluding hydrogens is 200 g/mol. The first kappa shape index (κ1) is 13.0. The SMILES string of the molecule is CNCC(O)CN(C)c1cc(C)cc(C)c1. The van der Waals surface area contributed by atoms with Crippen LogP contribution < -0.4 is 10.2 Å². The lowest BCUT2D eigenvalue weighted by atomic mass is 10.1. The summed E-state index contributed by atoms with van der Waals surface area (Å²) in [5.41, 5.74) is 3.67. The van der Waals surface area contributed by atoms with Crippen LogP contribution in [-0.4, -0.2) is 38.4 Å². The highest BCUT2D eigenvalue weighted by atomic mass is 16.3. The lowest BCUT2D eigenvalue weighted by Crippen LogP contribution is -2.35. The van der Waals surface area contributed by atoms with Crippen molar-refractivity contribution in [3.8, 4) is 0 Å². The maximum absolute atomic E-state index is 9.72. The van der Waals surface area contributed by atoms with Gasteiger partial charge in [0.25, 0.3) is 0 Å². The lowest BCUT2D eigenvalue weighted by Gasteiger charge is -2.23. The van der Waals surface area contributed by atoms with Crippen LogP contribution in [0.3, 0.4) is 0 Å². The first-order valence-corrected chi connectivity index (χ1v) is 5.65. The topological polar surface area (TPSA) is 35.5 Å². The van der Waals surface area contributed by atoms with E-state index in [0.29, 0.717) is 13.1 Å². The number of aliphatic hydroxyl groups is 1. The summed E-state index contributed by atoms with van der Waals surface area (Å²) in [6.07, 6.45) is -0.337. The van der Waals surface area contributed by atoms with Gasteiger partial charge in [-0.2, -0.15) is 0 Å². The molecule has 0 heterocycles. The molecule has 0 fully saturated rings. The molecule has 3 nitrogen and oxygen atoms in total. The minimum Gasteiger partial charge on any atom is -0.390 e. The molecule has 1 aromatic rings. The number of anilines is 1.